The van der Waals surface area contributed by atoms with E-state index in [0.717, 1.165) is 12.8 Å². The van der Waals surface area contributed by atoms with Gasteiger partial charge in [-0.15, -0.1) is 0 Å². The molecule has 20 heavy (non-hydrogen) atoms. The normalized spacial score (nSPS) is 29.5. The van der Waals surface area contributed by atoms with Gasteiger partial charge in [-0.1, -0.05) is 52.4 Å². The van der Waals surface area contributed by atoms with Gasteiger partial charge in [0.05, 0.1) is 0 Å². The molecule has 2 rings (SSSR count). The van der Waals surface area contributed by atoms with Gasteiger partial charge >= 0.3 is 5.97 Å². The number of nitrogens with one attached hydrogen (secondary N) is 1. The van der Waals surface area contributed by atoms with E-state index in [9.17, 15) is 14.7 Å². The highest BCUT2D eigenvalue weighted by molar-refractivity contribution is 5.86. The smallest absolute Gasteiger partial charge is 0.326 e. The molecule has 2 fully saturated rings. The summed E-state index contributed by atoms with van der Waals surface area (Å²) in [5, 5.41) is 12.0. The zero-order chi connectivity index (χ0) is 14.7. The Kier molecular flexibility index (Phi) is 5.06. The molecule has 2 unspecified atom stereocenters. The monoisotopic (exact) mass is 281 g/mol. The van der Waals surface area contributed by atoms with Crippen molar-refractivity contribution in [2.45, 2.75) is 64.8 Å². The minimum atomic E-state index is -0.914. The van der Waals surface area contributed by atoms with Gasteiger partial charge in [0.15, 0.2) is 0 Å². The summed E-state index contributed by atoms with van der Waals surface area (Å²) in [7, 11) is 0. The largest absolute Gasteiger partial charge is 0.480 e. The molecule has 2 aliphatic rings. The van der Waals surface area contributed by atoms with Crippen LogP contribution < -0.4 is 5.32 Å². The first-order valence-electron chi connectivity index (χ1n) is 8.07. The fourth-order valence-electron chi connectivity index (χ4n) is 3.54. The predicted molar refractivity (Wildman–Crippen MR) is 77.2 cm³/mol. The minimum absolute atomic E-state index is 0.0247. The van der Waals surface area contributed by atoms with Crippen LogP contribution >= 0.6 is 0 Å². The topological polar surface area (TPSA) is 66.4 Å². The third-order valence-corrected chi connectivity index (χ3v) is 5.21. The molecule has 2 aliphatic carbocycles. The van der Waals surface area contributed by atoms with Gasteiger partial charge in [0.1, 0.15) is 6.04 Å². The summed E-state index contributed by atoms with van der Waals surface area (Å²) in [5.41, 5.74) is 0. The summed E-state index contributed by atoms with van der Waals surface area (Å²) >= 11 is 0. The van der Waals surface area contributed by atoms with E-state index in [-0.39, 0.29) is 17.7 Å². The molecule has 0 saturated heterocycles. The number of rotatable bonds is 6. The molecular formula is C16H27NO3. The number of carbonyl (C=O) groups excluding carboxylic acids is 1. The van der Waals surface area contributed by atoms with Crippen molar-refractivity contribution in [2.75, 3.05) is 0 Å². The van der Waals surface area contributed by atoms with Crippen LogP contribution in [0.1, 0.15) is 58.8 Å². The van der Waals surface area contributed by atoms with Crippen molar-refractivity contribution in [3.63, 3.8) is 0 Å². The Morgan fingerprint density at radius 1 is 1.25 bits per heavy atom. The second kappa shape index (κ2) is 6.59. The molecule has 114 valence electrons. The van der Waals surface area contributed by atoms with E-state index in [0.29, 0.717) is 11.8 Å². The van der Waals surface area contributed by atoms with Gasteiger partial charge in [-0.05, 0) is 24.2 Å². The molecule has 1 amide bonds. The molecule has 0 aliphatic heterocycles. The molecule has 2 N–H and O–H groups in total. The molecule has 2 saturated carbocycles. The van der Waals surface area contributed by atoms with E-state index >= 15 is 0 Å². The van der Waals surface area contributed by atoms with Crippen molar-refractivity contribution >= 4 is 11.9 Å². The van der Waals surface area contributed by atoms with Crippen molar-refractivity contribution in [2.24, 2.45) is 23.7 Å². The highest BCUT2D eigenvalue weighted by Crippen LogP contribution is 2.49. The van der Waals surface area contributed by atoms with Crippen LogP contribution in [0.25, 0.3) is 0 Å². The highest BCUT2D eigenvalue weighted by Gasteiger charge is 2.48. The Morgan fingerprint density at radius 2 is 1.90 bits per heavy atom. The molecule has 0 bridgehead atoms. The third-order valence-electron chi connectivity index (χ3n) is 5.21. The molecule has 0 heterocycles. The highest BCUT2D eigenvalue weighted by atomic mass is 16.4. The van der Waals surface area contributed by atoms with E-state index in [4.69, 9.17) is 0 Å². The maximum absolute atomic E-state index is 12.2. The number of aliphatic carboxylic acids is 1. The Bertz CT molecular complexity index is 363. The molecule has 4 atom stereocenters. The summed E-state index contributed by atoms with van der Waals surface area (Å²) in [6.45, 7) is 3.83. The Balaban J connectivity index is 1.84. The second-order valence-corrected chi connectivity index (χ2v) is 6.61. The first kappa shape index (κ1) is 15.3. The van der Waals surface area contributed by atoms with Crippen molar-refractivity contribution in [3.05, 3.63) is 0 Å². The average Bonchev–Trinajstić information content (AvgIpc) is 3.25. The fraction of sp³-hybridized carbons (Fsp3) is 0.875. The minimum Gasteiger partial charge on any atom is -0.480 e. The van der Waals surface area contributed by atoms with Gasteiger partial charge in [-0.25, -0.2) is 4.79 Å². The van der Waals surface area contributed by atoms with Crippen LogP contribution in [0.3, 0.4) is 0 Å². The average molecular weight is 281 g/mol. The van der Waals surface area contributed by atoms with Gasteiger partial charge in [0, 0.05) is 5.92 Å². The van der Waals surface area contributed by atoms with Crippen molar-refractivity contribution in [3.8, 4) is 0 Å². The van der Waals surface area contributed by atoms with Crippen LogP contribution in [-0.4, -0.2) is 23.0 Å². The molecule has 0 radical (unpaired) electrons. The van der Waals surface area contributed by atoms with E-state index in [2.05, 4.69) is 5.32 Å². The number of carboxylic acid groups (broad SMARTS) is 1. The van der Waals surface area contributed by atoms with Crippen LogP contribution in [-0.2, 0) is 9.59 Å². The molecule has 0 aromatic rings. The first-order chi connectivity index (χ1) is 9.54. The van der Waals surface area contributed by atoms with Gasteiger partial charge in [-0.3, -0.25) is 4.79 Å². The van der Waals surface area contributed by atoms with Crippen LogP contribution in [0.15, 0.2) is 0 Å². The van der Waals surface area contributed by atoms with Gasteiger partial charge in [-0.2, -0.15) is 0 Å². The third kappa shape index (κ3) is 3.53. The van der Waals surface area contributed by atoms with E-state index in [1.807, 2.05) is 13.8 Å². The van der Waals surface area contributed by atoms with Crippen molar-refractivity contribution in [1.29, 1.82) is 0 Å². The first-order valence-corrected chi connectivity index (χ1v) is 8.07. The molecule has 4 nitrogen and oxygen atoms in total. The lowest BCUT2D eigenvalue weighted by atomic mass is 9.85. The summed E-state index contributed by atoms with van der Waals surface area (Å²) in [6, 6.07) is -0.736. The SMILES string of the molecule is CC[C@H](C)[C@H](NC(=O)C1CC1C1CCCCC1)C(=O)O. The number of amides is 1. The maximum Gasteiger partial charge on any atom is 0.326 e. The zero-order valence-corrected chi connectivity index (χ0v) is 12.6. The lowest BCUT2D eigenvalue weighted by Crippen LogP contribution is -2.45. The molecule has 0 aromatic carbocycles. The quantitative estimate of drug-likeness (QED) is 0.786. The zero-order valence-electron chi connectivity index (χ0n) is 12.6. The lowest BCUT2D eigenvalue weighted by molar-refractivity contribution is -0.143. The Morgan fingerprint density at radius 3 is 2.45 bits per heavy atom. The molecular weight excluding hydrogens is 254 g/mol. The molecule has 0 spiro atoms. The van der Waals surface area contributed by atoms with Crippen LogP contribution in [0.4, 0.5) is 0 Å². The maximum atomic E-state index is 12.2. The second-order valence-electron chi connectivity index (χ2n) is 6.61. The van der Waals surface area contributed by atoms with E-state index < -0.39 is 12.0 Å². The number of hydrogen-bond donors (Lipinski definition) is 2. The Hall–Kier alpha value is -1.06. The van der Waals surface area contributed by atoms with Gasteiger partial charge in [0.25, 0.3) is 0 Å². The van der Waals surface area contributed by atoms with Crippen LogP contribution in [0.5, 0.6) is 0 Å². The summed E-state index contributed by atoms with van der Waals surface area (Å²) < 4.78 is 0. The van der Waals surface area contributed by atoms with E-state index in [1.165, 1.54) is 32.1 Å². The van der Waals surface area contributed by atoms with E-state index in [1.54, 1.807) is 0 Å². The summed E-state index contributed by atoms with van der Waals surface area (Å²) in [4.78, 5) is 23.5. The van der Waals surface area contributed by atoms with Crippen molar-refractivity contribution in [1.82, 2.24) is 5.32 Å². The molecule has 0 aromatic heterocycles. The lowest BCUT2D eigenvalue weighted by Gasteiger charge is -2.23. The standard InChI is InChI=1S/C16H27NO3/c1-3-10(2)14(16(19)20)17-15(18)13-9-12(13)11-7-5-4-6-8-11/h10-14H,3-9H2,1-2H3,(H,17,18)(H,19,20)/t10-,12?,13?,14-/m0/s1. The Labute approximate surface area is 121 Å². The van der Waals surface area contributed by atoms with Crippen LogP contribution in [0.2, 0.25) is 0 Å². The number of carbonyl (C=O) groups is 2. The van der Waals surface area contributed by atoms with Gasteiger partial charge in [0.2, 0.25) is 5.91 Å². The summed E-state index contributed by atoms with van der Waals surface area (Å²) in [6.07, 6.45) is 8.14. The fourth-order valence-corrected chi connectivity index (χ4v) is 3.54. The van der Waals surface area contributed by atoms with Crippen molar-refractivity contribution < 1.29 is 14.7 Å². The molecule has 4 heteroatoms. The van der Waals surface area contributed by atoms with Gasteiger partial charge < -0.3 is 10.4 Å². The predicted octanol–water partition coefficient (Wildman–Crippen LogP) is 2.82. The van der Waals surface area contributed by atoms with Crippen LogP contribution in [0, 0.1) is 23.7 Å². The summed E-state index contributed by atoms with van der Waals surface area (Å²) in [5.74, 6) is 0.316. The number of carboxylic acids is 1. The number of hydrogen-bond acceptors (Lipinski definition) is 2.